The molecule has 3 aromatic rings. The first-order chi connectivity index (χ1) is 13.8. The molecule has 3 heterocycles. The van der Waals surface area contributed by atoms with E-state index in [9.17, 15) is 0 Å². The number of imidazole rings is 1. The highest BCUT2D eigenvalue weighted by molar-refractivity contribution is 5.81. The molecular weight excluding hydrogens is 356 g/mol. The summed E-state index contributed by atoms with van der Waals surface area (Å²) in [5.41, 5.74) is 2.86. The minimum Gasteiger partial charge on any atom is -0.497 e. The van der Waals surface area contributed by atoms with Crippen LogP contribution in [0.4, 0.5) is 17.5 Å². The van der Waals surface area contributed by atoms with E-state index in [-0.39, 0.29) is 0 Å². The highest BCUT2D eigenvalue weighted by Crippen LogP contribution is 2.25. The molecule has 28 heavy (non-hydrogen) atoms. The van der Waals surface area contributed by atoms with Crippen molar-refractivity contribution in [1.82, 2.24) is 19.4 Å². The van der Waals surface area contributed by atoms with Gasteiger partial charge < -0.3 is 24.7 Å². The number of morpholine rings is 1. The van der Waals surface area contributed by atoms with E-state index in [0.717, 1.165) is 73.6 Å². The Balaban J connectivity index is 1.58. The molecule has 2 N–H and O–H groups in total. The standard InChI is InChI=1S/C20H26N6O2/c1-21-20-24-17-14-22-19(23-15-4-3-5-16(12-15)27-2)13-18(17)26(20)7-6-25-8-10-28-11-9-25/h3-5,12-14H,6-11H2,1-2H3,(H,21,24)(H,22,23). The van der Waals surface area contributed by atoms with Crippen molar-refractivity contribution >= 4 is 28.5 Å². The number of aromatic nitrogens is 3. The number of pyridine rings is 1. The van der Waals surface area contributed by atoms with Crippen LogP contribution >= 0.6 is 0 Å². The molecule has 8 nitrogen and oxygen atoms in total. The average Bonchev–Trinajstić information content (AvgIpc) is 3.10. The Morgan fingerprint density at radius 3 is 2.82 bits per heavy atom. The number of nitrogens with zero attached hydrogens (tertiary/aromatic N) is 4. The molecule has 1 aliphatic heterocycles. The van der Waals surface area contributed by atoms with Crippen LogP contribution in [0.25, 0.3) is 11.0 Å². The molecule has 0 bridgehead atoms. The third-order valence-corrected chi connectivity index (χ3v) is 4.94. The fraction of sp³-hybridized carbons (Fsp3) is 0.400. The maximum absolute atomic E-state index is 5.44. The first kappa shape index (κ1) is 18.5. The second-order valence-corrected chi connectivity index (χ2v) is 6.71. The smallest absolute Gasteiger partial charge is 0.203 e. The summed E-state index contributed by atoms with van der Waals surface area (Å²) in [4.78, 5) is 11.6. The number of rotatable bonds is 7. The molecule has 0 saturated carbocycles. The summed E-state index contributed by atoms with van der Waals surface area (Å²) < 4.78 is 12.9. The molecule has 0 spiro atoms. The van der Waals surface area contributed by atoms with Gasteiger partial charge in [0.05, 0.1) is 32.0 Å². The number of anilines is 3. The van der Waals surface area contributed by atoms with Gasteiger partial charge in [0.25, 0.3) is 0 Å². The maximum Gasteiger partial charge on any atom is 0.203 e. The SMILES string of the molecule is CNc1nc2cnc(Nc3cccc(OC)c3)cc2n1CCN1CCOCC1. The van der Waals surface area contributed by atoms with E-state index in [0.29, 0.717) is 0 Å². The highest BCUT2D eigenvalue weighted by atomic mass is 16.5. The van der Waals surface area contributed by atoms with Gasteiger partial charge in [-0.05, 0) is 12.1 Å². The van der Waals surface area contributed by atoms with E-state index < -0.39 is 0 Å². The minimum atomic E-state index is 0.774. The molecule has 1 saturated heterocycles. The second kappa shape index (κ2) is 8.45. The van der Waals surface area contributed by atoms with Gasteiger partial charge in [0.15, 0.2) is 0 Å². The topological polar surface area (TPSA) is 76.5 Å². The van der Waals surface area contributed by atoms with E-state index >= 15 is 0 Å². The van der Waals surface area contributed by atoms with E-state index in [1.165, 1.54) is 0 Å². The van der Waals surface area contributed by atoms with E-state index in [4.69, 9.17) is 9.47 Å². The van der Waals surface area contributed by atoms with Gasteiger partial charge in [0.2, 0.25) is 5.95 Å². The fourth-order valence-corrected chi connectivity index (χ4v) is 3.43. The van der Waals surface area contributed by atoms with Crippen LogP contribution in [0.3, 0.4) is 0 Å². The van der Waals surface area contributed by atoms with Gasteiger partial charge in [0, 0.05) is 51.0 Å². The number of hydrogen-bond donors (Lipinski definition) is 2. The molecule has 1 aromatic carbocycles. The molecular formula is C20H26N6O2. The van der Waals surface area contributed by atoms with Gasteiger partial charge in [-0.1, -0.05) is 6.07 Å². The van der Waals surface area contributed by atoms with Crippen LogP contribution in [-0.4, -0.2) is 66.4 Å². The first-order valence-electron chi connectivity index (χ1n) is 9.52. The van der Waals surface area contributed by atoms with Crippen LogP contribution in [0.2, 0.25) is 0 Å². The summed E-state index contributed by atoms with van der Waals surface area (Å²) in [5.74, 6) is 2.43. The van der Waals surface area contributed by atoms with Gasteiger partial charge in [-0.3, -0.25) is 4.90 Å². The third-order valence-electron chi connectivity index (χ3n) is 4.94. The van der Waals surface area contributed by atoms with Gasteiger partial charge in [-0.15, -0.1) is 0 Å². The lowest BCUT2D eigenvalue weighted by molar-refractivity contribution is 0.0366. The number of benzene rings is 1. The zero-order valence-corrected chi connectivity index (χ0v) is 16.3. The van der Waals surface area contributed by atoms with Crippen LogP contribution in [0, 0.1) is 0 Å². The lowest BCUT2D eigenvalue weighted by Crippen LogP contribution is -2.38. The van der Waals surface area contributed by atoms with Gasteiger partial charge in [-0.2, -0.15) is 0 Å². The van der Waals surface area contributed by atoms with Gasteiger partial charge in [-0.25, -0.2) is 9.97 Å². The summed E-state index contributed by atoms with van der Waals surface area (Å²) in [6.07, 6.45) is 1.81. The van der Waals surface area contributed by atoms with Gasteiger partial charge in [0.1, 0.15) is 17.1 Å². The van der Waals surface area contributed by atoms with E-state index in [1.807, 2.05) is 43.6 Å². The van der Waals surface area contributed by atoms with Crippen molar-refractivity contribution in [3.8, 4) is 5.75 Å². The van der Waals surface area contributed by atoms with Crippen LogP contribution in [0.15, 0.2) is 36.5 Å². The lowest BCUT2D eigenvalue weighted by Gasteiger charge is -2.26. The Morgan fingerprint density at radius 2 is 2.04 bits per heavy atom. The molecule has 0 atom stereocenters. The Kier molecular flexibility index (Phi) is 5.59. The molecule has 148 valence electrons. The molecule has 2 aromatic heterocycles. The second-order valence-electron chi connectivity index (χ2n) is 6.71. The first-order valence-corrected chi connectivity index (χ1v) is 9.52. The minimum absolute atomic E-state index is 0.774. The zero-order chi connectivity index (χ0) is 19.3. The van der Waals surface area contributed by atoms with Crippen molar-refractivity contribution < 1.29 is 9.47 Å². The summed E-state index contributed by atoms with van der Waals surface area (Å²) in [7, 11) is 3.56. The number of hydrogen-bond acceptors (Lipinski definition) is 7. The molecule has 1 aliphatic rings. The van der Waals surface area contributed by atoms with Crippen molar-refractivity contribution in [1.29, 1.82) is 0 Å². The van der Waals surface area contributed by atoms with Crippen LogP contribution in [0.5, 0.6) is 5.75 Å². The van der Waals surface area contributed by atoms with Gasteiger partial charge >= 0.3 is 0 Å². The predicted molar refractivity (Wildman–Crippen MR) is 111 cm³/mol. The Morgan fingerprint density at radius 1 is 1.18 bits per heavy atom. The third kappa shape index (κ3) is 4.02. The number of ether oxygens (including phenoxy) is 2. The van der Waals surface area contributed by atoms with Crippen molar-refractivity contribution in [3.05, 3.63) is 36.5 Å². The van der Waals surface area contributed by atoms with Crippen LogP contribution in [-0.2, 0) is 11.3 Å². The largest absolute Gasteiger partial charge is 0.497 e. The number of nitrogens with one attached hydrogen (secondary N) is 2. The fourth-order valence-electron chi connectivity index (χ4n) is 3.43. The molecule has 0 radical (unpaired) electrons. The van der Waals surface area contributed by atoms with Crippen molar-refractivity contribution in [2.75, 3.05) is 57.6 Å². The lowest BCUT2D eigenvalue weighted by atomic mass is 10.3. The summed E-state index contributed by atoms with van der Waals surface area (Å²) in [5, 5.41) is 6.55. The van der Waals surface area contributed by atoms with Crippen LogP contribution in [0.1, 0.15) is 0 Å². The zero-order valence-electron chi connectivity index (χ0n) is 16.3. The predicted octanol–water partition coefficient (Wildman–Crippen LogP) is 2.56. The molecule has 4 rings (SSSR count). The molecule has 1 fully saturated rings. The molecule has 0 amide bonds. The average molecular weight is 382 g/mol. The normalized spacial score (nSPS) is 14.9. The summed E-state index contributed by atoms with van der Waals surface area (Å²) in [6, 6.07) is 9.85. The monoisotopic (exact) mass is 382 g/mol. The number of methoxy groups -OCH3 is 1. The van der Waals surface area contributed by atoms with Crippen molar-refractivity contribution in [2.45, 2.75) is 6.54 Å². The number of fused-ring (bicyclic) bond motifs is 1. The Bertz CT molecular complexity index is 936. The quantitative estimate of drug-likeness (QED) is 0.650. The molecule has 8 heteroatoms. The summed E-state index contributed by atoms with van der Waals surface area (Å²) in [6.45, 7) is 5.39. The molecule has 0 unspecified atom stereocenters. The van der Waals surface area contributed by atoms with Crippen molar-refractivity contribution in [2.24, 2.45) is 0 Å². The Hall–Kier alpha value is -2.84. The Labute approximate surface area is 164 Å². The van der Waals surface area contributed by atoms with E-state index in [2.05, 4.69) is 30.1 Å². The highest BCUT2D eigenvalue weighted by Gasteiger charge is 2.14. The maximum atomic E-state index is 5.44. The van der Waals surface area contributed by atoms with E-state index in [1.54, 1.807) is 7.11 Å². The summed E-state index contributed by atoms with van der Waals surface area (Å²) >= 11 is 0. The van der Waals surface area contributed by atoms with Crippen LogP contribution < -0.4 is 15.4 Å². The molecule has 0 aliphatic carbocycles. The van der Waals surface area contributed by atoms with Crippen molar-refractivity contribution in [3.63, 3.8) is 0 Å².